The van der Waals surface area contributed by atoms with E-state index in [1.807, 2.05) is 41.2 Å². The summed E-state index contributed by atoms with van der Waals surface area (Å²) in [6, 6.07) is 15.3. The number of nitrogens with one attached hydrogen (secondary N) is 2. The molecule has 1 heterocycles. The fourth-order valence-corrected chi connectivity index (χ4v) is 2.68. The van der Waals surface area contributed by atoms with Crippen molar-refractivity contribution in [3.05, 3.63) is 88.2 Å². The first-order valence-corrected chi connectivity index (χ1v) is 8.10. The fourth-order valence-electron chi connectivity index (χ4n) is 2.31. The van der Waals surface area contributed by atoms with Gasteiger partial charge in [-0.1, -0.05) is 35.3 Å². The first kappa shape index (κ1) is 17.1. The molecule has 126 valence electrons. The van der Waals surface area contributed by atoms with Crippen molar-refractivity contribution in [2.24, 2.45) is 0 Å². The van der Waals surface area contributed by atoms with Gasteiger partial charge in [-0.15, -0.1) is 0 Å². The number of hydrazine groups is 1. The van der Waals surface area contributed by atoms with Gasteiger partial charge >= 0.3 is 0 Å². The largest absolute Gasteiger partial charge is 0.323 e. The van der Waals surface area contributed by atoms with Gasteiger partial charge in [-0.2, -0.15) is 0 Å². The van der Waals surface area contributed by atoms with Crippen molar-refractivity contribution in [2.45, 2.75) is 0 Å². The summed E-state index contributed by atoms with van der Waals surface area (Å²) in [5.41, 5.74) is 6.02. The number of carbonyl (C=O) groups is 2. The van der Waals surface area contributed by atoms with Crippen LogP contribution in [0.2, 0.25) is 10.0 Å². The number of carbonyl (C=O) groups excluding carboxylic acids is 2. The molecule has 3 rings (SSSR count). The molecule has 0 aliphatic heterocycles. The second-order valence-corrected chi connectivity index (χ2v) is 5.98. The van der Waals surface area contributed by atoms with Crippen LogP contribution in [0.25, 0.3) is 5.69 Å². The normalized spacial score (nSPS) is 10.3. The van der Waals surface area contributed by atoms with Crippen molar-refractivity contribution in [1.29, 1.82) is 0 Å². The van der Waals surface area contributed by atoms with Gasteiger partial charge in [0, 0.05) is 17.4 Å². The van der Waals surface area contributed by atoms with E-state index in [1.165, 1.54) is 12.1 Å². The Morgan fingerprint density at radius 1 is 0.800 bits per heavy atom. The highest BCUT2D eigenvalue weighted by molar-refractivity contribution is 6.35. The number of aromatic nitrogens is 1. The number of rotatable bonds is 3. The highest BCUT2D eigenvalue weighted by Crippen LogP contribution is 2.20. The van der Waals surface area contributed by atoms with Crippen molar-refractivity contribution < 1.29 is 9.59 Å². The van der Waals surface area contributed by atoms with Gasteiger partial charge in [0.2, 0.25) is 0 Å². The van der Waals surface area contributed by atoms with E-state index in [-0.39, 0.29) is 10.6 Å². The van der Waals surface area contributed by atoms with E-state index in [0.717, 1.165) is 0 Å². The second kappa shape index (κ2) is 7.42. The molecule has 0 aliphatic rings. The molecule has 1 aromatic heterocycles. The first-order chi connectivity index (χ1) is 12.1. The zero-order chi connectivity index (χ0) is 17.8. The lowest BCUT2D eigenvalue weighted by Gasteiger charge is -2.12. The highest BCUT2D eigenvalue weighted by Gasteiger charge is 2.15. The molecular weight excluding hydrogens is 361 g/mol. The molecule has 0 atom stereocenters. The average molecular weight is 374 g/mol. The van der Waals surface area contributed by atoms with Gasteiger partial charge < -0.3 is 4.57 Å². The summed E-state index contributed by atoms with van der Waals surface area (Å²) in [7, 11) is 0. The molecule has 0 spiro atoms. The predicted octanol–water partition coefficient (Wildman–Crippen LogP) is 3.86. The first-order valence-electron chi connectivity index (χ1n) is 7.34. The minimum Gasteiger partial charge on any atom is -0.323 e. The molecule has 2 N–H and O–H groups in total. The van der Waals surface area contributed by atoms with Crippen molar-refractivity contribution in [2.75, 3.05) is 0 Å². The number of amides is 2. The van der Waals surface area contributed by atoms with Gasteiger partial charge in [-0.25, -0.2) is 0 Å². The molecule has 2 aromatic carbocycles. The molecule has 0 bridgehead atoms. The maximum Gasteiger partial charge on any atom is 0.271 e. The number of nitrogens with zero attached hydrogens (tertiary/aromatic N) is 1. The molecule has 0 saturated heterocycles. The van der Waals surface area contributed by atoms with Crippen LogP contribution in [-0.4, -0.2) is 16.4 Å². The van der Waals surface area contributed by atoms with Crippen LogP contribution in [0.5, 0.6) is 0 Å². The maximum absolute atomic E-state index is 12.5. The lowest BCUT2D eigenvalue weighted by atomic mass is 10.1. The Bertz CT molecular complexity index is 924. The van der Waals surface area contributed by atoms with E-state index < -0.39 is 11.8 Å². The number of benzene rings is 2. The molecule has 3 aromatic rings. The monoisotopic (exact) mass is 373 g/mol. The van der Waals surface area contributed by atoms with E-state index in [4.69, 9.17) is 23.2 Å². The fraction of sp³-hybridized carbons (Fsp3) is 0. The lowest BCUT2D eigenvalue weighted by Crippen LogP contribution is -2.42. The molecule has 5 nitrogen and oxygen atoms in total. The van der Waals surface area contributed by atoms with Crippen molar-refractivity contribution in [3.8, 4) is 5.69 Å². The minimum absolute atomic E-state index is 0.174. The summed E-state index contributed by atoms with van der Waals surface area (Å²) in [5, 5.41) is 0.614. The van der Waals surface area contributed by atoms with Crippen LogP contribution in [-0.2, 0) is 0 Å². The van der Waals surface area contributed by atoms with Gasteiger partial charge in [0.25, 0.3) is 11.8 Å². The Labute approximate surface area is 154 Å². The van der Waals surface area contributed by atoms with Gasteiger partial charge in [0.1, 0.15) is 0 Å². The maximum atomic E-state index is 12.5. The SMILES string of the molecule is O=C(NNC(=O)c1ccccc1-n1cccc1)c1cc(Cl)ccc1Cl. The predicted molar refractivity (Wildman–Crippen MR) is 97.2 cm³/mol. The van der Waals surface area contributed by atoms with Crippen molar-refractivity contribution in [3.63, 3.8) is 0 Å². The van der Waals surface area contributed by atoms with Crippen LogP contribution >= 0.6 is 23.2 Å². The van der Waals surface area contributed by atoms with Crippen LogP contribution in [0.1, 0.15) is 20.7 Å². The molecule has 2 amide bonds. The summed E-state index contributed by atoms with van der Waals surface area (Å²) in [5.74, 6) is -1.00. The molecule has 0 radical (unpaired) electrons. The lowest BCUT2D eigenvalue weighted by molar-refractivity contribution is 0.0846. The van der Waals surface area contributed by atoms with Gasteiger partial charge in [-0.3, -0.25) is 20.4 Å². The number of para-hydroxylation sites is 1. The number of hydrogen-bond donors (Lipinski definition) is 2. The van der Waals surface area contributed by atoms with E-state index in [9.17, 15) is 9.59 Å². The third kappa shape index (κ3) is 3.84. The van der Waals surface area contributed by atoms with Gasteiger partial charge in [-0.05, 0) is 42.5 Å². The highest BCUT2D eigenvalue weighted by atomic mass is 35.5. The van der Waals surface area contributed by atoms with Crippen molar-refractivity contribution >= 4 is 35.0 Å². The molecule has 0 fully saturated rings. The van der Waals surface area contributed by atoms with E-state index >= 15 is 0 Å². The number of halogens is 2. The standard InChI is InChI=1S/C18H13Cl2N3O2/c19-12-7-8-15(20)14(11-12)18(25)22-21-17(24)13-5-1-2-6-16(13)23-9-3-4-10-23/h1-11H,(H,21,24)(H,22,25). The third-order valence-corrected chi connectivity index (χ3v) is 4.06. The topological polar surface area (TPSA) is 63.1 Å². The Kier molecular flexibility index (Phi) is 5.07. The summed E-state index contributed by atoms with van der Waals surface area (Å²) < 4.78 is 1.81. The average Bonchev–Trinajstić information content (AvgIpc) is 3.16. The van der Waals surface area contributed by atoms with E-state index in [1.54, 1.807) is 18.2 Å². The van der Waals surface area contributed by atoms with Gasteiger partial charge in [0.15, 0.2) is 0 Å². The molecular formula is C18H13Cl2N3O2. The molecule has 7 heteroatoms. The van der Waals surface area contributed by atoms with Crippen LogP contribution < -0.4 is 10.9 Å². The number of hydrogen-bond acceptors (Lipinski definition) is 2. The van der Waals surface area contributed by atoms with Gasteiger partial charge in [0.05, 0.1) is 21.8 Å². The minimum atomic E-state index is -0.556. The van der Waals surface area contributed by atoms with Crippen LogP contribution in [0, 0.1) is 0 Å². The third-order valence-electron chi connectivity index (χ3n) is 3.49. The summed E-state index contributed by atoms with van der Waals surface area (Å²) in [6.07, 6.45) is 3.66. The molecule has 25 heavy (non-hydrogen) atoms. The van der Waals surface area contributed by atoms with E-state index in [0.29, 0.717) is 16.3 Å². The Hall–Kier alpha value is -2.76. The Morgan fingerprint density at radius 2 is 1.44 bits per heavy atom. The second-order valence-electron chi connectivity index (χ2n) is 5.14. The summed E-state index contributed by atoms with van der Waals surface area (Å²) in [6.45, 7) is 0. The zero-order valence-corrected chi connectivity index (χ0v) is 14.4. The van der Waals surface area contributed by atoms with Crippen LogP contribution in [0.4, 0.5) is 0 Å². The molecule has 0 saturated carbocycles. The Morgan fingerprint density at radius 3 is 2.16 bits per heavy atom. The smallest absolute Gasteiger partial charge is 0.271 e. The molecule has 0 aliphatic carbocycles. The Balaban J connectivity index is 1.76. The van der Waals surface area contributed by atoms with Crippen LogP contribution in [0.3, 0.4) is 0 Å². The summed E-state index contributed by atoms with van der Waals surface area (Å²) in [4.78, 5) is 24.6. The zero-order valence-electron chi connectivity index (χ0n) is 12.9. The van der Waals surface area contributed by atoms with Crippen LogP contribution in [0.15, 0.2) is 67.0 Å². The van der Waals surface area contributed by atoms with Crippen molar-refractivity contribution in [1.82, 2.24) is 15.4 Å². The van der Waals surface area contributed by atoms with E-state index in [2.05, 4.69) is 10.9 Å². The summed E-state index contributed by atoms with van der Waals surface area (Å²) >= 11 is 11.8. The molecule has 0 unspecified atom stereocenters. The quantitative estimate of drug-likeness (QED) is 0.684.